The smallest absolute Gasteiger partial charge is 0.408 e. The Morgan fingerprint density at radius 3 is 1.15 bits per heavy atom. The minimum atomic E-state index is -4.43. The number of ether oxygens (including phenoxy) is 6. The predicted octanol–water partition coefficient (Wildman–Crippen LogP) is 7.37. The molecule has 0 radical (unpaired) electrons. The van der Waals surface area contributed by atoms with Gasteiger partial charge >= 0.3 is 42.3 Å². The molecule has 830 valence electrons. The predicted molar refractivity (Wildman–Crippen MR) is 546 cm³/mol. The molecule has 5 aliphatic heterocycles. The van der Waals surface area contributed by atoms with Crippen LogP contribution in [0.25, 0.3) is 0 Å². The number of ketones is 2. The number of carboxylic acid groups (broad SMARTS) is 2. The summed E-state index contributed by atoms with van der Waals surface area (Å²) in [5.41, 5.74) is 8.04. The molecule has 4 aromatic carbocycles. The number of nitrogens with zero attached hydrogens (tertiary/aromatic N) is 10. The molecule has 149 heavy (non-hydrogen) atoms. The molecule has 5 saturated heterocycles. The van der Waals surface area contributed by atoms with Gasteiger partial charge in [-0.05, 0) is 212 Å². The van der Waals surface area contributed by atoms with Gasteiger partial charge in [0, 0.05) is 163 Å². The molecule has 5 amide bonds. The Morgan fingerprint density at radius 2 is 0.785 bits per heavy atom. The number of esters is 2. The lowest BCUT2D eigenvalue weighted by molar-refractivity contribution is -0.202. The summed E-state index contributed by atoms with van der Waals surface area (Å²) in [6.45, 7) is 32.6. The second-order valence-corrected chi connectivity index (χ2v) is 46.7. The van der Waals surface area contributed by atoms with Gasteiger partial charge in [-0.25, -0.2) is 37.4 Å². The molecule has 0 aliphatic carbocycles. The van der Waals surface area contributed by atoms with E-state index in [0.717, 1.165) is 19.4 Å². The Labute approximate surface area is 875 Å². The van der Waals surface area contributed by atoms with Crippen LogP contribution in [0.2, 0.25) is 0 Å². The largest absolute Gasteiger partial charge is 0.480 e. The Kier molecular flexibility index (Phi) is 52.8. The van der Waals surface area contributed by atoms with Crippen molar-refractivity contribution in [2.75, 3.05) is 190 Å². The van der Waals surface area contributed by atoms with Crippen LogP contribution in [0.5, 0.6) is 23.0 Å². The summed E-state index contributed by atoms with van der Waals surface area (Å²) in [4.78, 5) is 202. The van der Waals surface area contributed by atoms with Crippen molar-refractivity contribution in [3.8, 4) is 23.0 Å². The van der Waals surface area contributed by atoms with Gasteiger partial charge in [-0.2, -0.15) is 19.2 Å². The van der Waals surface area contributed by atoms with E-state index in [4.69, 9.17) is 58.2 Å². The summed E-state index contributed by atoms with van der Waals surface area (Å²) >= 11 is 0. The number of hydrogen-bond donors (Lipinski definition) is 7. The van der Waals surface area contributed by atoms with Gasteiger partial charge in [-0.3, -0.25) is 82.6 Å². The summed E-state index contributed by atoms with van der Waals surface area (Å²) in [6.07, 6.45) is 4.66. The Morgan fingerprint density at radius 1 is 0.436 bits per heavy atom. The van der Waals surface area contributed by atoms with Crippen LogP contribution in [0.4, 0.5) is 4.79 Å². The minimum absolute atomic E-state index is 0.0151. The van der Waals surface area contributed by atoms with Crippen LogP contribution in [0.3, 0.4) is 0 Å². The maximum absolute atomic E-state index is 14.8. The van der Waals surface area contributed by atoms with Crippen molar-refractivity contribution in [2.24, 2.45) is 11.1 Å². The average Bonchev–Trinajstić information content (AvgIpc) is 0.738. The number of unbranched alkanes of at least 4 members (excludes halogenated alkanes) is 4. The quantitative estimate of drug-likeness (QED) is 0.00751. The molecule has 45 heteroatoms. The standard InChI is InChI=1S/C62H99N7O14S.C40H59N7O11S.2CO2/c1-58(2,3)46-68-40-38-65(34-35-66(44-52(71)80-59(4,5)6)36-37-67(39-41-68)45-53(72)81-60(7,8)9)43-47(70)21-15-13-18-24-51(63-57(75)82-61(10,11)12)55(73)69-32-30-62(31-33-69,56(74)64-83-54-25-19-20-42-78-54)84(76,77)50-28-26-49(27-29-50)79-48-22-16-14-17-23-48;1-43-20-22-44(24-25-46(30-37(51)52)27-26-45(23-21-43)29-36(49)50)28-31(48)8-4-2-7-11-35(41)38(53)47-18-16-40(17-19-47,39(54)42-55)59(56,57)34-14-12-33(13-15-34)58-32-9-5-3-6-10-32;2*2-1-3/h14,16-17,22-23,26-29,51,54H,13,15,18-21,24-25,30-46H2,1-12H3,(H,63,75)(H,64,74);3,5-6,9-10,12-15,35,55H,2,4,7-8,11,16-30,41H2,1H3,(H,42,54)(H,49,50)(H,51,52);;/t51-,54?;35-;;/m00../s1. The molecular formula is C104H158N14O29S2. The van der Waals surface area contributed by atoms with Crippen LogP contribution in [0, 0.1) is 5.41 Å². The summed E-state index contributed by atoms with van der Waals surface area (Å²) in [6, 6.07) is 27.6. The molecule has 4 aromatic rings. The van der Waals surface area contributed by atoms with E-state index < -0.39 is 100 Å². The van der Waals surface area contributed by atoms with Crippen LogP contribution in [0.1, 0.15) is 192 Å². The first-order chi connectivity index (χ1) is 70.2. The third-order valence-corrected chi connectivity index (χ3v) is 30.4. The number of likely N-dealkylation sites (N-methyl/N-ethyl adjacent to an activating group) is 1. The number of para-hydroxylation sites is 2. The number of nitrogens with two attached hydrogens (primary N) is 1. The summed E-state index contributed by atoms with van der Waals surface area (Å²) in [5, 5.41) is 31.1. The molecule has 0 bridgehead atoms. The number of aliphatic carboxylic acids is 2. The van der Waals surface area contributed by atoms with E-state index >= 15 is 0 Å². The second kappa shape index (κ2) is 62.1. The zero-order valence-electron chi connectivity index (χ0n) is 88.8. The van der Waals surface area contributed by atoms with Crippen LogP contribution in [-0.4, -0.2) is 394 Å². The number of nitrogens with one attached hydrogen (secondary N) is 3. The van der Waals surface area contributed by atoms with Crippen LogP contribution in [-0.2, 0) is 111 Å². The fraction of sp³-hybridized carbons (Fsp3) is 0.644. The third kappa shape index (κ3) is 45.6. The zero-order chi connectivity index (χ0) is 110. The van der Waals surface area contributed by atoms with Gasteiger partial charge < -0.3 is 69.3 Å². The topological polar surface area (TPSA) is 544 Å². The van der Waals surface area contributed by atoms with E-state index in [-0.39, 0.29) is 161 Å². The lowest BCUT2D eigenvalue weighted by Crippen LogP contribution is -2.60. The second-order valence-electron chi connectivity index (χ2n) is 42.2. The highest BCUT2D eigenvalue weighted by atomic mass is 32.2. The lowest BCUT2D eigenvalue weighted by Gasteiger charge is -2.41. The number of Topliss-reactive ketones (excluding diaryl/α,β-unsaturated/α-hetero) is 2. The van der Waals surface area contributed by atoms with Crippen LogP contribution >= 0.6 is 0 Å². The number of alkyl carbamates (subject to hydrolysis) is 1. The van der Waals surface area contributed by atoms with Gasteiger partial charge in [0.1, 0.15) is 57.4 Å². The molecule has 1 unspecified atom stereocenters. The van der Waals surface area contributed by atoms with Crippen molar-refractivity contribution in [1.82, 2.24) is 65.3 Å². The number of rotatable bonds is 40. The number of hydroxylamine groups is 2. The van der Waals surface area contributed by atoms with Gasteiger partial charge in [0.2, 0.25) is 11.8 Å². The molecule has 5 heterocycles. The number of amides is 5. The van der Waals surface area contributed by atoms with E-state index in [9.17, 15) is 85.0 Å². The maximum Gasteiger partial charge on any atom is 0.408 e. The highest BCUT2D eigenvalue weighted by molar-refractivity contribution is 7.94. The van der Waals surface area contributed by atoms with Crippen molar-refractivity contribution in [3.63, 3.8) is 0 Å². The fourth-order valence-electron chi connectivity index (χ4n) is 17.7. The van der Waals surface area contributed by atoms with Gasteiger partial charge in [-0.1, -0.05) is 82.9 Å². The van der Waals surface area contributed by atoms with Crippen molar-refractivity contribution in [2.45, 2.75) is 247 Å². The Hall–Kier alpha value is -11.0. The van der Waals surface area contributed by atoms with Gasteiger partial charge in [-0.15, -0.1) is 0 Å². The first-order valence-corrected chi connectivity index (χ1v) is 53.9. The number of sulfone groups is 2. The van der Waals surface area contributed by atoms with Crippen molar-refractivity contribution >= 4 is 97.1 Å². The molecule has 0 saturated carbocycles. The first-order valence-electron chi connectivity index (χ1n) is 50.9. The lowest BCUT2D eigenvalue weighted by atomic mass is 9.94. The molecule has 43 nitrogen and oxygen atoms in total. The summed E-state index contributed by atoms with van der Waals surface area (Å²) < 4.78 is 87.7. The van der Waals surface area contributed by atoms with E-state index in [1.807, 2.05) is 82.7 Å². The van der Waals surface area contributed by atoms with E-state index in [0.29, 0.717) is 192 Å². The Bertz CT molecular complexity index is 5170. The van der Waals surface area contributed by atoms with Gasteiger partial charge in [0.05, 0.1) is 55.1 Å². The number of carbonyl (C=O) groups is 11. The number of carboxylic acids is 2. The van der Waals surface area contributed by atoms with Crippen LogP contribution in [0.15, 0.2) is 119 Å². The maximum atomic E-state index is 14.8. The van der Waals surface area contributed by atoms with E-state index in [2.05, 4.69) is 51.2 Å². The molecule has 8 N–H and O–H groups in total. The molecule has 3 atom stereocenters. The van der Waals surface area contributed by atoms with Gasteiger partial charge in [0.15, 0.2) is 35.5 Å². The van der Waals surface area contributed by atoms with E-state index in [1.165, 1.54) is 63.8 Å². The average molecular weight is 2130 g/mol. The molecule has 9 rings (SSSR count). The third-order valence-electron chi connectivity index (χ3n) is 25.3. The monoisotopic (exact) mass is 2130 g/mol. The van der Waals surface area contributed by atoms with Crippen LogP contribution < -0.4 is 31.5 Å². The minimum Gasteiger partial charge on any atom is -0.480 e. The van der Waals surface area contributed by atoms with Crippen molar-refractivity contribution in [1.29, 1.82) is 0 Å². The number of carbonyl (C=O) groups excluding carboxylic acids is 13. The molecule has 0 aromatic heterocycles. The summed E-state index contributed by atoms with van der Waals surface area (Å²) in [5.74, 6) is -3.32. The number of hydrogen-bond acceptors (Lipinski definition) is 36. The molecule has 5 fully saturated rings. The number of likely N-dealkylation sites (tertiary alicyclic amines) is 2. The SMILES string of the molecule is CC(C)(C)CN1CCN(CC(=O)CCCCC[C@H](NC(=O)OC(C)(C)C)C(=O)N2CCC(C(=O)NOC3CCCCO3)(S(=O)(=O)c3ccc(Oc4ccccc4)cc3)CC2)CCN(CC(=O)OC(C)(C)C)CCN(CC(=O)OC(C)(C)C)CC1.CN1CCN(CC(=O)O)CCN(CC(=O)O)CCN(CC(=O)CCCCC[C@H](N)C(=O)N2CCC(C(=O)NO)(S(=O)(=O)c3ccc(Oc4ccccc4)cc3)CC2)CC1.O=C=O.O=C=O. The highest BCUT2D eigenvalue weighted by Crippen LogP contribution is 2.40. The summed E-state index contributed by atoms with van der Waals surface area (Å²) in [7, 11) is -6.82. The normalized spacial score (nSPS) is 18.3. The van der Waals surface area contributed by atoms with E-state index in [1.54, 1.807) is 67.0 Å². The van der Waals surface area contributed by atoms with Gasteiger partial charge in [0.25, 0.3) is 11.8 Å². The molecule has 0 spiro atoms. The first kappa shape index (κ1) is 127. The molecule has 5 aliphatic rings. The zero-order valence-corrected chi connectivity index (χ0v) is 90.4. The number of benzene rings is 4. The highest BCUT2D eigenvalue weighted by Gasteiger charge is 2.56. The van der Waals surface area contributed by atoms with Crippen molar-refractivity contribution in [3.05, 3.63) is 109 Å². The van der Waals surface area contributed by atoms with Crippen molar-refractivity contribution < 1.29 is 137 Å². The Balaban J connectivity index is 0.000000455. The molecular weight excluding hydrogens is 1970 g/mol. The number of piperidine rings is 2. The fourth-order valence-corrected chi connectivity index (χ4v) is 21.7.